The van der Waals surface area contributed by atoms with Gasteiger partial charge >= 0.3 is 0 Å². The van der Waals surface area contributed by atoms with Gasteiger partial charge in [-0.3, -0.25) is 4.90 Å². The van der Waals surface area contributed by atoms with E-state index in [0.29, 0.717) is 13.1 Å². The number of hydrogen-bond acceptors (Lipinski definition) is 8. The average Bonchev–Trinajstić information content (AvgIpc) is 3.16. The fraction of sp³-hybridized carbons (Fsp3) is 0.591. The molecular formula is C22H34N4O3S. The number of piperazine rings is 1. The Morgan fingerprint density at radius 1 is 1.27 bits per heavy atom. The minimum atomic E-state index is -0.519. The lowest BCUT2D eigenvalue weighted by molar-refractivity contribution is 0.0501. The van der Waals surface area contributed by atoms with E-state index in [4.69, 9.17) is 9.47 Å². The lowest BCUT2D eigenvalue weighted by Gasteiger charge is -2.33. The molecule has 0 spiro atoms. The summed E-state index contributed by atoms with van der Waals surface area (Å²) in [6.45, 7) is 8.59. The van der Waals surface area contributed by atoms with Gasteiger partial charge in [-0.25, -0.2) is 4.98 Å². The molecule has 3 rings (SSSR count). The molecule has 0 radical (unpaired) electrons. The maximum Gasteiger partial charge on any atom is 0.127 e. The minimum absolute atomic E-state index is 0.270. The van der Waals surface area contributed by atoms with Crippen LogP contribution in [0.4, 0.5) is 0 Å². The van der Waals surface area contributed by atoms with Crippen LogP contribution in [0.15, 0.2) is 23.7 Å². The molecule has 0 bridgehead atoms. The third-order valence-electron chi connectivity index (χ3n) is 5.46. The Morgan fingerprint density at radius 3 is 2.77 bits per heavy atom. The molecule has 2 heterocycles. The first-order valence-corrected chi connectivity index (χ1v) is 11.4. The molecule has 1 aliphatic heterocycles. The summed E-state index contributed by atoms with van der Waals surface area (Å²) in [5.74, 6) is 1.51. The number of aromatic nitrogens is 1. The van der Waals surface area contributed by atoms with Crippen LogP contribution >= 0.6 is 11.3 Å². The highest BCUT2D eigenvalue weighted by molar-refractivity contribution is 7.09. The molecule has 7 nitrogen and oxygen atoms in total. The Labute approximate surface area is 183 Å². The molecule has 1 fully saturated rings. The summed E-state index contributed by atoms with van der Waals surface area (Å²) in [7, 11) is 3.78. The van der Waals surface area contributed by atoms with Gasteiger partial charge in [-0.2, -0.15) is 0 Å². The number of likely N-dealkylation sites (N-methyl/N-ethyl adjacent to an activating group) is 1. The zero-order valence-corrected chi connectivity index (χ0v) is 19.1. The van der Waals surface area contributed by atoms with Crippen LogP contribution in [0, 0.1) is 6.92 Å². The van der Waals surface area contributed by atoms with Crippen molar-refractivity contribution in [3.63, 3.8) is 0 Å². The quantitative estimate of drug-likeness (QED) is 0.523. The number of nitrogens with zero attached hydrogens (tertiary/aromatic N) is 3. The molecule has 0 unspecified atom stereocenters. The van der Waals surface area contributed by atoms with Gasteiger partial charge < -0.3 is 24.8 Å². The molecule has 1 saturated heterocycles. The summed E-state index contributed by atoms with van der Waals surface area (Å²) in [4.78, 5) is 10.2. The van der Waals surface area contributed by atoms with Gasteiger partial charge in [0.25, 0.3) is 0 Å². The standard InChI is InChI=1S/C22H34N4O3S/c1-17-22(30-16-24-17)6-7-23-13-18-4-5-20(28-3)12-21(18)29-15-19(27)14-26-10-8-25(2)9-11-26/h4-5,12,16,19,23,27H,6-11,13-15H2,1-3H3/t19-/m1/s1. The summed E-state index contributed by atoms with van der Waals surface area (Å²) >= 11 is 1.70. The van der Waals surface area contributed by atoms with Gasteiger partial charge in [-0.1, -0.05) is 6.07 Å². The highest BCUT2D eigenvalue weighted by Crippen LogP contribution is 2.25. The number of rotatable bonds is 11. The van der Waals surface area contributed by atoms with Crippen LogP contribution in [0.3, 0.4) is 0 Å². The van der Waals surface area contributed by atoms with Crippen molar-refractivity contribution in [3.05, 3.63) is 39.8 Å². The van der Waals surface area contributed by atoms with E-state index in [-0.39, 0.29) is 6.61 Å². The van der Waals surface area contributed by atoms with Gasteiger partial charge in [-0.15, -0.1) is 11.3 Å². The monoisotopic (exact) mass is 434 g/mol. The molecule has 166 valence electrons. The zero-order chi connectivity index (χ0) is 21.3. The van der Waals surface area contributed by atoms with E-state index in [0.717, 1.165) is 61.9 Å². The van der Waals surface area contributed by atoms with Crippen molar-refractivity contribution in [3.8, 4) is 11.5 Å². The topological polar surface area (TPSA) is 70.1 Å². The minimum Gasteiger partial charge on any atom is -0.497 e. The van der Waals surface area contributed by atoms with E-state index in [1.165, 1.54) is 4.88 Å². The first-order valence-electron chi connectivity index (χ1n) is 10.5. The SMILES string of the molecule is COc1ccc(CNCCc2scnc2C)c(OC[C@H](O)CN2CCN(C)CC2)c1. The van der Waals surface area contributed by atoms with Crippen molar-refractivity contribution < 1.29 is 14.6 Å². The molecule has 1 aromatic carbocycles. The van der Waals surface area contributed by atoms with Crippen LogP contribution in [-0.4, -0.2) is 86.0 Å². The van der Waals surface area contributed by atoms with Gasteiger partial charge in [0.2, 0.25) is 0 Å². The van der Waals surface area contributed by atoms with Crippen LogP contribution in [0.2, 0.25) is 0 Å². The van der Waals surface area contributed by atoms with Crippen LogP contribution < -0.4 is 14.8 Å². The Bertz CT molecular complexity index is 777. The molecular weight excluding hydrogens is 400 g/mol. The van der Waals surface area contributed by atoms with Gasteiger partial charge in [0, 0.05) is 62.3 Å². The molecule has 0 amide bonds. The van der Waals surface area contributed by atoms with E-state index in [9.17, 15) is 5.11 Å². The van der Waals surface area contributed by atoms with Gasteiger partial charge in [0.15, 0.2) is 0 Å². The normalized spacial score (nSPS) is 16.5. The maximum absolute atomic E-state index is 10.5. The van der Waals surface area contributed by atoms with Crippen molar-refractivity contribution in [2.24, 2.45) is 0 Å². The Kier molecular flexibility index (Phi) is 8.89. The molecule has 30 heavy (non-hydrogen) atoms. The second-order valence-corrected chi connectivity index (χ2v) is 8.77. The van der Waals surface area contributed by atoms with Crippen LogP contribution in [-0.2, 0) is 13.0 Å². The van der Waals surface area contributed by atoms with Gasteiger partial charge in [-0.05, 0) is 26.5 Å². The van der Waals surface area contributed by atoms with E-state index in [1.54, 1.807) is 18.4 Å². The summed E-state index contributed by atoms with van der Waals surface area (Å²) < 4.78 is 11.4. The molecule has 2 aromatic rings. The third-order valence-corrected chi connectivity index (χ3v) is 6.45. The summed E-state index contributed by atoms with van der Waals surface area (Å²) in [6.07, 6.45) is 0.446. The first kappa shape index (κ1) is 23.0. The Hall–Kier alpha value is -1.71. The van der Waals surface area contributed by atoms with Crippen LogP contribution in [0.25, 0.3) is 0 Å². The smallest absolute Gasteiger partial charge is 0.127 e. The number of nitrogens with one attached hydrogen (secondary N) is 1. The second-order valence-electron chi connectivity index (χ2n) is 7.83. The van der Waals surface area contributed by atoms with E-state index >= 15 is 0 Å². The van der Waals surface area contributed by atoms with E-state index < -0.39 is 6.10 Å². The molecule has 2 N–H and O–H groups in total. The van der Waals surface area contributed by atoms with Crippen molar-refractivity contribution in [2.75, 3.05) is 60.0 Å². The zero-order valence-electron chi connectivity index (χ0n) is 18.3. The summed E-state index contributed by atoms with van der Waals surface area (Å²) in [5.41, 5.74) is 4.07. The lowest BCUT2D eigenvalue weighted by atomic mass is 10.2. The van der Waals surface area contributed by atoms with E-state index in [1.807, 2.05) is 23.7 Å². The van der Waals surface area contributed by atoms with Crippen LogP contribution in [0.5, 0.6) is 11.5 Å². The number of aliphatic hydroxyl groups excluding tert-OH is 1. The average molecular weight is 435 g/mol. The summed E-state index contributed by atoms with van der Waals surface area (Å²) in [5, 5.41) is 13.9. The van der Waals surface area contributed by atoms with Gasteiger partial charge in [0.1, 0.15) is 24.2 Å². The van der Waals surface area contributed by atoms with Crippen molar-refractivity contribution >= 4 is 11.3 Å². The molecule has 0 aliphatic carbocycles. The fourth-order valence-electron chi connectivity index (χ4n) is 3.50. The molecule has 1 aliphatic rings. The van der Waals surface area contributed by atoms with Crippen molar-refractivity contribution in [1.29, 1.82) is 0 Å². The molecule has 1 aromatic heterocycles. The van der Waals surface area contributed by atoms with Crippen molar-refractivity contribution in [2.45, 2.75) is 26.0 Å². The van der Waals surface area contributed by atoms with E-state index in [2.05, 4.69) is 34.1 Å². The Morgan fingerprint density at radius 2 is 2.07 bits per heavy atom. The summed E-state index contributed by atoms with van der Waals surface area (Å²) in [6, 6.07) is 5.86. The van der Waals surface area contributed by atoms with Crippen LogP contribution in [0.1, 0.15) is 16.1 Å². The van der Waals surface area contributed by atoms with Gasteiger partial charge in [0.05, 0.1) is 18.3 Å². The Balaban J connectivity index is 1.49. The number of β-amino-alcohol motifs (C(OH)–C–C–N with tert-alkyl or cyclic N) is 1. The number of ether oxygens (including phenoxy) is 2. The number of aryl methyl sites for hydroxylation is 1. The predicted molar refractivity (Wildman–Crippen MR) is 121 cm³/mol. The highest BCUT2D eigenvalue weighted by Gasteiger charge is 2.18. The highest BCUT2D eigenvalue weighted by atomic mass is 32.1. The molecule has 0 saturated carbocycles. The second kappa shape index (κ2) is 11.6. The molecule has 8 heteroatoms. The lowest BCUT2D eigenvalue weighted by Crippen LogP contribution is -2.47. The third kappa shape index (κ3) is 6.92. The maximum atomic E-state index is 10.5. The number of hydrogen-bond donors (Lipinski definition) is 2. The number of thiazole rings is 1. The number of methoxy groups -OCH3 is 1. The number of benzene rings is 1. The van der Waals surface area contributed by atoms with Crippen molar-refractivity contribution in [1.82, 2.24) is 20.1 Å². The molecule has 1 atom stereocenters. The fourth-order valence-corrected chi connectivity index (χ4v) is 4.28. The predicted octanol–water partition coefficient (Wildman–Crippen LogP) is 1.78. The largest absolute Gasteiger partial charge is 0.497 e. The first-order chi connectivity index (χ1) is 14.5. The number of aliphatic hydroxyl groups is 1.